The lowest BCUT2D eigenvalue weighted by Crippen LogP contribution is -2.44. The highest BCUT2D eigenvalue weighted by Crippen LogP contribution is 2.18. The van der Waals surface area contributed by atoms with Crippen molar-refractivity contribution in [2.75, 3.05) is 0 Å². The van der Waals surface area contributed by atoms with Gasteiger partial charge in [-0.05, 0) is 11.5 Å². The molecule has 1 atom stereocenters. The number of hydrogen-bond donors (Lipinski definition) is 2. The third kappa shape index (κ3) is 2.30. The molecule has 4 heteroatoms. The average molecular weight is 232 g/mol. The number of fused-ring (bicyclic) bond motifs is 1. The van der Waals surface area contributed by atoms with Crippen LogP contribution in [0.15, 0.2) is 29.3 Å². The molecule has 2 N–H and O–H groups in total. The fraction of sp³-hybridized carbons (Fsp3) is 0.385. The zero-order valence-electron chi connectivity index (χ0n) is 9.97. The Kier molecular flexibility index (Phi) is 3.13. The monoisotopic (exact) mass is 232 g/mol. The van der Waals surface area contributed by atoms with Crippen molar-refractivity contribution < 1.29 is 9.90 Å². The summed E-state index contributed by atoms with van der Waals surface area (Å²) in [7, 11) is 0. The summed E-state index contributed by atoms with van der Waals surface area (Å²) in [5, 5.41) is 12.2. The molecule has 0 amide bonds. The third-order valence-electron chi connectivity index (χ3n) is 2.90. The lowest BCUT2D eigenvalue weighted by Gasteiger charge is -2.19. The number of carbonyl (C=O) groups is 1. The van der Waals surface area contributed by atoms with Gasteiger partial charge in [-0.2, -0.15) is 0 Å². The van der Waals surface area contributed by atoms with Crippen molar-refractivity contribution >= 4 is 11.8 Å². The lowest BCUT2D eigenvalue weighted by molar-refractivity contribution is -0.140. The maximum atomic E-state index is 11.1. The summed E-state index contributed by atoms with van der Waals surface area (Å²) in [6.07, 6.45) is 0. The summed E-state index contributed by atoms with van der Waals surface area (Å²) in [5.41, 5.74) is 2.15. The van der Waals surface area contributed by atoms with Gasteiger partial charge in [0.05, 0.1) is 6.54 Å². The van der Waals surface area contributed by atoms with E-state index < -0.39 is 12.0 Å². The average Bonchev–Trinajstić information content (AvgIpc) is 2.68. The molecule has 1 aliphatic heterocycles. The molecule has 0 aromatic heterocycles. The number of aliphatic imine (C=N–C) groups is 1. The smallest absolute Gasteiger partial charge is 0.326 e. The Labute approximate surface area is 100 Å². The maximum Gasteiger partial charge on any atom is 0.326 e. The molecule has 4 nitrogen and oxygen atoms in total. The number of nitrogens with one attached hydrogen (secondary N) is 1. The molecule has 1 aromatic rings. The molecule has 2 rings (SSSR count). The van der Waals surface area contributed by atoms with Gasteiger partial charge in [0, 0.05) is 5.56 Å². The molecule has 1 heterocycles. The first-order valence-electron chi connectivity index (χ1n) is 5.71. The van der Waals surface area contributed by atoms with Crippen LogP contribution in [0.5, 0.6) is 0 Å². The van der Waals surface area contributed by atoms with Gasteiger partial charge in [0.1, 0.15) is 11.9 Å². The minimum absolute atomic E-state index is 0.0166. The van der Waals surface area contributed by atoms with Crippen molar-refractivity contribution in [1.82, 2.24) is 5.32 Å². The molecular weight excluding hydrogens is 216 g/mol. The zero-order chi connectivity index (χ0) is 12.4. The molecule has 0 fully saturated rings. The number of carboxylic acid groups (broad SMARTS) is 1. The van der Waals surface area contributed by atoms with Gasteiger partial charge in [0.2, 0.25) is 0 Å². The minimum atomic E-state index is -0.841. The number of nitrogens with zero attached hydrogens (tertiary/aromatic N) is 1. The van der Waals surface area contributed by atoms with Gasteiger partial charge in [-0.1, -0.05) is 38.1 Å². The Bertz CT molecular complexity index is 466. The third-order valence-corrected chi connectivity index (χ3v) is 2.90. The lowest BCUT2D eigenvalue weighted by atomic mass is 10.0. The predicted octanol–water partition coefficient (Wildman–Crippen LogP) is 1.65. The second-order valence-corrected chi connectivity index (χ2v) is 4.53. The fourth-order valence-electron chi connectivity index (χ4n) is 1.92. The molecule has 1 unspecified atom stereocenters. The SMILES string of the molecule is CC(C)C(NC1=NCc2ccccc21)C(=O)O. The number of carboxylic acids is 1. The van der Waals surface area contributed by atoms with Crippen LogP contribution in [0.1, 0.15) is 25.0 Å². The summed E-state index contributed by atoms with van der Waals surface area (Å²) in [6, 6.07) is 7.28. The van der Waals surface area contributed by atoms with Gasteiger partial charge in [0.25, 0.3) is 0 Å². The van der Waals surface area contributed by atoms with E-state index in [2.05, 4.69) is 10.3 Å². The van der Waals surface area contributed by atoms with E-state index in [1.807, 2.05) is 38.1 Å². The standard InChI is InChI=1S/C13H16N2O2/c1-8(2)11(13(16)17)15-12-10-6-4-3-5-9(10)7-14-12/h3-6,8,11H,7H2,1-2H3,(H,14,15)(H,16,17). The van der Waals surface area contributed by atoms with Crippen LogP contribution in [0.25, 0.3) is 0 Å². The first-order chi connectivity index (χ1) is 8.09. The molecule has 0 saturated carbocycles. The molecule has 0 radical (unpaired) electrons. The Morgan fingerprint density at radius 1 is 1.41 bits per heavy atom. The van der Waals surface area contributed by atoms with Crippen LogP contribution in [0.2, 0.25) is 0 Å². The highest BCUT2D eigenvalue weighted by Gasteiger charge is 2.25. The quantitative estimate of drug-likeness (QED) is 0.833. The Balaban J connectivity index is 2.18. The highest BCUT2D eigenvalue weighted by molar-refractivity contribution is 6.03. The molecular formula is C13H16N2O2. The van der Waals surface area contributed by atoms with Crippen LogP contribution >= 0.6 is 0 Å². The number of amidine groups is 1. The topological polar surface area (TPSA) is 61.7 Å². The van der Waals surface area contributed by atoms with E-state index in [-0.39, 0.29) is 5.92 Å². The summed E-state index contributed by atoms with van der Waals surface area (Å²) >= 11 is 0. The molecule has 1 aliphatic rings. The normalized spacial score (nSPS) is 15.4. The molecule has 1 aromatic carbocycles. The van der Waals surface area contributed by atoms with Crippen molar-refractivity contribution in [1.29, 1.82) is 0 Å². The number of benzene rings is 1. The molecule has 90 valence electrons. The molecule has 0 aliphatic carbocycles. The van der Waals surface area contributed by atoms with Crippen LogP contribution in [-0.4, -0.2) is 23.0 Å². The van der Waals surface area contributed by atoms with E-state index in [0.29, 0.717) is 12.4 Å². The maximum absolute atomic E-state index is 11.1. The van der Waals surface area contributed by atoms with E-state index in [1.165, 1.54) is 0 Å². The Morgan fingerprint density at radius 3 is 2.76 bits per heavy atom. The Hall–Kier alpha value is -1.84. The van der Waals surface area contributed by atoms with Gasteiger partial charge in [-0.25, -0.2) is 4.79 Å². The first kappa shape index (κ1) is 11.6. The number of rotatable bonds is 3. The van der Waals surface area contributed by atoms with Crippen molar-refractivity contribution in [3.63, 3.8) is 0 Å². The highest BCUT2D eigenvalue weighted by atomic mass is 16.4. The first-order valence-corrected chi connectivity index (χ1v) is 5.71. The summed E-state index contributed by atoms with van der Waals surface area (Å²) < 4.78 is 0. The zero-order valence-corrected chi connectivity index (χ0v) is 9.97. The summed E-state index contributed by atoms with van der Waals surface area (Å²) in [6.45, 7) is 4.39. The van der Waals surface area contributed by atoms with E-state index in [4.69, 9.17) is 5.11 Å². The van der Waals surface area contributed by atoms with Crippen molar-refractivity contribution in [2.24, 2.45) is 10.9 Å². The second-order valence-electron chi connectivity index (χ2n) is 4.53. The van der Waals surface area contributed by atoms with Gasteiger partial charge < -0.3 is 10.4 Å². The Morgan fingerprint density at radius 2 is 2.12 bits per heavy atom. The van der Waals surface area contributed by atoms with Gasteiger partial charge in [-0.15, -0.1) is 0 Å². The largest absolute Gasteiger partial charge is 0.480 e. The second kappa shape index (κ2) is 4.57. The molecule has 17 heavy (non-hydrogen) atoms. The van der Waals surface area contributed by atoms with Crippen LogP contribution in [0, 0.1) is 5.92 Å². The summed E-state index contributed by atoms with van der Waals surface area (Å²) in [4.78, 5) is 15.5. The fourth-order valence-corrected chi connectivity index (χ4v) is 1.92. The van der Waals surface area contributed by atoms with Crippen LogP contribution in [0.3, 0.4) is 0 Å². The minimum Gasteiger partial charge on any atom is -0.480 e. The molecule has 0 saturated heterocycles. The van der Waals surface area contributed by atoms with E-state index in [1.54, 1.807) is 0 Å². The summed E-state index contributed by atoms with van der Waals surface area (Å²) in [5.74, 6) is -0.128. The van der Waals surface area contributed by atoms with Crippen LogP contribution in [0.4, 0.5) is 0 Å². The van der Waals surface area contributed by atoms with Crippen molar-refractivity contribution in [3.05, 3.63) is 35.4 Å². The van der Waals surface area contributed by atoms with E-state index in [0.717, 1.165) is 11.1 Å². The molecule has 0 bridgehead atoms. The van der Waals surface area contributed by atoms with Crippen molar-refractivity contribution in [3.8, 4) is 0 Å². The predicted molar refractivity (Wildman–Crippen MR) is 66.1 cm³/mol. The van der Waals surface area contributed by atoms with Crippen LogP contribution < -0.4 is 5.32 Å². The number of aliphatic carboxylic acids is 1. The van der Waals surface area contributed by atoms with E-state index in [9.17, 15) is 4.79 Å². The van der Waals surface area contributed by atoms with E-state index >= 15 is 0 Å². The van der Waals surface area contributed by atoms with Crippen molar-refractivity contribution in [2.45, 2.75) is 26.4 Å². The van der Waals surface area contributed by atoms with Gasteiger partial charge in [0.15, 0.2) is 0 Å². The van der Waals surface area contributed by atoms with Gasteiger partial charge in [-0.3, -0.25) is 4.99 Å². The van der Waals surface area contributed by atoms with Gasteiger partial charge >= 0.3 is 5.97 Å². The van der Waals surface area contributed by atoms with Crippen LogP contribution in [-0.2, 0) is 11.3 Å². The number of hydrogen-bond acceptors (Lipinski definition) is 3. The molecule has 0 spiro atoms.